The van der Waals surface area contributed by atoms with Crippen LogP contribution in [0.25, 0.3) is 11.0 Å². The Morgan fingerprint density at radius 1 is 1.33 bits per heavy atom. The maximum absolute atomic E-state index is 12.9. The van der Waals surface area contributed by atoms with Crippen molar-refractivity contribution < 1.29 is 32.6 Å². The quantitative estimate of drug-likeness (QED) is 0.455. The maximum Gasteiger partial charge on any atom is 0.417 e. The number of imidazole rings is 1. The molecule has 0 spiro atoms. The number of nitrogens with zero attached hydrogens (tertiary/aromatic N) is 3. The van der Waals surface area contributed by atoms with E-state index in [2.05, 4.69) is 20.0 Å². The molecule has 0 aliphatic heterocycles. The van der Waals surface area contributed by atoms with Gasteiger partial charge < -0.3 is 19.7 Å². The number of fused-ring (bicyclic) bond motifs is 1. The first-order valence-electron chi connectivity index (χ1n) is 9.48. The van der Waals surface area contributed by atoms with Crippen LogP contribution in [-0.2, 0) is 27.0 Å². The lowest BCUT2D eigenvalue weighted by Crippen LogP contribution is -2.44. The number of alkyl halides is 3. The predicted molar refractivity (Wildman–Crippen MR) is 114 cm³/mol. The number of aliphatic hydroxyl groups excluding tert-OH is 1. The molecule has 8 nitrogen and oxygen atoms in total. The van der Waals surface area contributed by atoms with Crippen LogP contribution in [0.2, 0.25) is 5.02 Å². The minimum absolute atomic E-state index is 0.0738. The Kier molecular flexibility index (Phi) is 7.82. The average molecular weight is 503 g/mol. The maximum atomic E-state index is 12.9. The number of carbonyl (C=O) groups excluding carboxylic acids is 2. The lowest BCUT2D eigenvalue weighted by atomic mass is 10.3. The van der Waals surface area contributed by atoms with Gasteiger partial charge in [0.2, 0.25) is 5.91 Å². The highest BCUT2D eigenvalue weighted by molar-refractivity contribution is 7.99. The third-order valence-electron chi connectivity index (χ3n) is 4.51. The lowest BCUT2D eigenvalue weighted by Gasteiger charge is -2.14. The standard InChI is InChI=1S/C20H18ClF3N4O4S/c1-32-18(31)14(10-29)26-16(30)6-7-28-15-5-3-2-4-13(15)27-19(28)33-17-12(21)8-11(9-25-17)20(22,23)24/h2-5,8-9,14,29H,6-7,10H2,1H3,(H,26,30)/t14-/m0/s1. The van der Waals surface area contributed by atoms with Gasteiger partial charge in [0.15, 0.2) is 11.2 Å². The zero-order chi connectivity index (χ0) is 24.2. The van der Waals surface area contributed by atoms with E-state index < -0.39 is 36.3 Å². The summed E-state index contributed by atoms with van der Waals surface area (Å²) in [4.78, 5) is 32.2. The van der Waals surface area contributed by atoms with Crippen LogP contribution in [0.3, 0.4) is 0 Å². The van der Waals surface area contributed by atoms with Crippen molar-refractivity contribution >= 4 is 46.3 Å². The first kappa shape index (κ1) is 24.8. The summed E-state index contributed by atoms with van der Waals surface area (Å²) in [5, 5.41) is 11.9. The van der Waals surface area contributed by atoms with Crippen LogP contribution in [0.5, 0.6) is 0 Å². The van der Waals surface area contributed by atoms with Crippen LogP contribution >= 0.6 is 23.4 Å². The third-order valence-corrected chi connectivity index (χ3v) is 5.92. The average Bonchev–Trinajstić information content (AvgIpc) is 3.13. The number of methoxy groups -OCH3 is 1. The van der Waals surface area contributed by atoms with Crippen molar-refractivity contribution in [2.45, 2.75) is 35.4 Å². The van der Waals surface area contributed by atoms with Crippen molar-refractivity contribution in [1.82, 2.24) is 19.9 Å². The summed E-state index contributed by atoms with van der Waals surface area (Å²) in [5.41, 5.74) is 0.319. The number of aromatic nitrogens is 3. The Balaban J connectivity index is 1.83. The van der Waals surface area contributed by atoms with Crippen molar-refractivity contribution in [3.8, 4) is 0 Å². The summed E-state index contributed by atoms with van der Waals surface area (Å²) in [7, 11) is 1.14. The van der Waals surface area contributed by atoms with Gasteiger partial charge in [0, 0.05) is 19.2 Å². The molecule has 0 bridgehead atoms. The molecule has 0 saturated carbocycles. The molecule has 0 fully saturated rings. The number of aliphatic hydroxyl groups is 1. The van der Waals surface area contributed by atoms with Crippen molar-refractivity contribution in [3.63, 3.8) is 0 Å². The van der Waals surface area contributed by atoms with Crippen molar-refractivity contribution in [2.24, 2.45) is 0 Å². The minimum Gasteiger partial charge on any atom is -0.467 e. The molecule has 1 atom stereocenters. The molecule has 1 aromatic carbocycles. The smallest absolute Gasteiger partial charge is 0.417 e. The van der Waals surface area contributed by atoms with Gasteiger partial charge in [-0.25, -0.2) is 14.8 Å². The highest BCUT2D eigenvalue weighted by atomic mass is 35.5. The summed E-state index contributed by atoms with van der Waals surface area (Å²) in [6.07, 6.45) is -3.96. The summed E-state index contributed by atoms with van der Waals surface area (Å²) >= 11 is 6.99. The fourth-order valence-electron chi connectivity index (χ4n) is 2.89. The number of carbonyl (C=O) groups is 2. The summed E-state index contributed by atoms with van der Waals surface area (Å²) in [6, 6.07) is 6.67. The van der Waals surface area contributed by atoms with E-state index in [-0.39, 0.29) is 23.0 Å². The fraction of sp³-hybridized carbons (Fsp3) is 0.300. The Bertz CT molecular complexity index is 1170. The molecule has 0 unspecified atom stereocenters. The molecule has 2 heterocycles. The SMILES string of the molecule is COC(=O)[C@H](CO)NC(=O)CCn1c(Sc2ncc(C(F)(F)F)cc2Cl)nc2ccccc21. The van der Waals surface area contributed by atoms with Crippen LogP contribution < -0.4 is 5.32 Å². The monoisotopic (exact) mass is 502 g/mol. The van der Waals surface area contributed by atoms with E-state index in [1.807, 2.05) is 0 Å². The second kappa shape index (κ2) is 10.4. The van der Waals surface area contributed by atoms with E-state index in [0.717, 1.165) is 24.9 Å². The van der Waals surface area contributed by atoms with Gasteiger partial charge >= 0.3 is 12.1 Å². The van der Waals surface area contributed by atoms with Crippen molar-refractivity contribution in [3.05, 3.63) is 47.1 Å². The van der Waals surface area contributed by atoms with Crippen LogP contribution in [0.15, 0.2) is 46.7 Å². The number of nitrogens with one attached hydrogen (secondary N) is 1. The van der Waals surface area contributed by atoms with E-state index in [1.54, 1.807) is 28.8 Å². The van der Waals surface area contributed by atoms with Gasteiger partial charge in [-0.05, 0) is 30.0 Å². The lowest BCUT2D eigenvalue weighted by molar-refractivity contribution is -0.146. The number of hydrogen-bond acceptors (Lipinski definition) is 7. The first-order valence-corrected chi connectivity index (χ1v) is 10.7. The van der Waals surface area contributed by atoms with E-state index in [9.17, 15) is 27.9 Å². The number of esters is 1. The summed E-state index contributed by atoms with van der Waals surface area (Å²) in [6.45, 7) is -0.488. The largest absolute Gasteiger partial charge is 0.467 e. The van der Waals surface area contributed by atoms with Gasteiger partial charge in [-0.2, -0.15) is 13.2 Å². The van der Waals surface area contributed by atoms with Gasteiger partial charge in [-0.1, -0.05) is 23.7 Å². The fourth-order valence-corrected chi connectivity index (χ4v) is 4.05. The second-order valence-electron chi connectivity index (χ2n) is 6.72. The molecular formula is C20H18ClF3N4O4S. The third kappa shape index (κ3) is 5.95. The molecule has 3 aromatic rings. The van der Waals surface area contributed by atoms with Crippen molar-refractivity contribution in [2.75, 3.05) is 13.7 Å². The molecule has 2 N–H and O–H groups in total. The zero-order valence-electron chi connectivity index (χ0n) is 17.1. The molecule has 0 radical (unpaired) electrons. The number of para-hydroxylation sites is 2. The molecule has 2 aromatic heterocycles. The zero-order valence-corrected chi connectivity index (χ0v) is 18.7. The van der Waals surface area contributed by atoms with Gasteiger partial charge in [-0.15, -0.1) is 0 Å². The molecule has 33 heavy (non-hydrogen) atoms. The van der Waals surface area contributed by atoms with E-state index in [1.165, 1.54) is 0 Å². The van der Waals surface area contributed by atoms with Gasteiger partial charge in [0.25, 0.3) is 0 Å². The Morgan fingerprint density at radius 3 is 2.70 bits per heavy atom. The van der Waals surface area contributed by atoms with E-state index in [4.69, 9.17) is 11.6 Å². The minimum atomic E-state index is -4.57. The Morgan fingerprint density at radius 2 is 2.06 bits per heavy atom. The van der Waals surface area contributed by atoms with Crippen LogP contribution in [0.4, 0.5) is 13.2 Å². The number of pyridine rings is 1. The molecule has 0 saturated heterocycles. The number of hydrogen-bond donors (Lipinski definition) is 2. The molecule has 3 rings (SSSR count). The van der Waals surface area contributed by atoms with Gasteiger partial charge in [0.05, 0.1) is 35.3 Å². The normalized spacial score (nSPS) is 12.5. The van der Waals surface area contributed by atoms with Gasteiger partial charge in [0.1, 0.15) is 5.03 Å². The molecule has 13 heteroatoms. The number of ether oxygens (including phenoxy) is 1. The molecule has 1 amide bonds. The van der Waals surface area contributed by atoms with E-state index >= 15 is 0 Å². The molecular weight excluding hydrogens is 485 g/mol. The number of halogens is 4. The predicted octanol–water partition coefficient (Wildman–Crippen LogP) is 3.29. The number of benzene rings is 1. The molecule has 0 aliphatic rings. The Labute approximate surface area is 195 Å². The number of amides is 1. The van der Waals surface area contributed by atoms with Crippen LogP contribution in [0, 0.1) is 0 Å². The van der Waals surface area contributed by atoms with Crippen molar-refractivity contribution in [1.29, 1.82) is 0 Å². The van der Waals surface area contributed by atoms with Crippen LogP contribution in [0.1, 0.15) is 12.0 Å². The number of aryl methyl sites for hydroxylation is 1. The highest BCUT2D eigenvalue weighted by Crippen LogP contribution is 2.37. The topological polar surface area (TPSA) is 106 Å². The molecule has 176 valence electrons. The van der Waals surface area contributed by atoms with Crippen LogP contribution in [-0.4, -0.2) is 51.3 Å². The summed E-state index contributed by atoms with van der Waals surface area (Å²) < 4.78 is 44.9. The molecule has 0 aliphatic carbocycles. The first-order chi connectivity index (χ1) is 15.6. The summed E-state index contributed by atoms with van der Waals surface area (Å²) in [5.74, 6) is -1.29. The Hall–Kier alpha value is -2.83. The number of rotatable bonds is 8. The second-order valence-corrected chi connectivity index (χ2v) is 8.08. The highest BCUT2D eigenvalue weighted by Gasteiger charge is 2.32. The van der Waals surface area contributed by atoms with E-state index in [0.29, 0.717) is 22.4 Å². The van der Waals surface area contributed by atoms with Gasteiger partial charge in [-0.3, -0.25) is 4.79 Å².